The molecule has 1 fully saturated rings. The molecule has 1 aromatic heterocycles. The highest BCUT2D eigenvalue weighted by atomic mass is 32.1. The van der Waals surface area contributed by atoms with Crippen molar-refractivity contribution >= 4 is 29.0 Å². The van der Waals surface area contributed by atoms with Crippen LogP contribution in [0.15, 0.2) is 29.6 Å². The van der Waals surface area contributed by atoms with Crippen LogP contribution < -0.4 is 10.2 Å². The number of carbonyl (C=O) groups excluding carboxylic acids is 2. The molecule has 6 nitrogen and oxygen atoms in total. The summed E-state index contributed by atoms with van der Waals surface area (Å²) in [5, 5.41) is 6.03. The van der Waals surface area contributed by atoms with E-state index in [-0.39, 0.29) is 12.0 Å². The van der Waals surface area contributed by atoms with Crippen LogP contribution in [0.2, 0.25) is 0 Å². The fraction of sp³-hybridized carbons (Fsp3) is 0.353. The molecule has 1 aliphatic rings. The molecule has 0 saturated carbocycles. The summed E-state index contributed by atoms with van der Waals surface area (Å²) in [6.07, 6.45) is 1.33. The van der Waals surface area contributed by atoms with Crippen molar-refractivity contribution in [1.29, 1.82) is 0 Å². The summed E-state index contributed by atoms with van der Waals surface area (Å²) in [6, 6.07) is 7.03. The number of amides is 2. The van der Waals surface area contributed by atoms with Gasteiger partial charge in [-0.15, -0.1) is 11.3 Å². The number of cyclic esters (lactones) is 1. The minimum absolute atomic E-state index is 0.139. The number of ether oxygens (including phenoxy) is 1. The number of anilines is 1. The van der Waals surface area contributed by atoms with Crippen LogP contribution in [0.5, 0.6) is 0 Å². The number of aromatic nitrogens is 1. The Kier molecular flexibility index (Phi) is 5.10. The normalized spacial score (nSPS) is 13.9. The van der Waals surface area contributed by atoms with Crippen LogP contribution in [0.25, 0.3) is 0 Å². The van der Waals surface area contributed by atoms with Gasteiger partial charge in [0.25, 0.3) is 5.91 Å². The Balaban J connectivity index is 1.52. The van der Waals surface area contributed by atoms with Crippen molar-refractivity contribution in [2.24, 2.45) is 0 Å². The Morgan fingerprint density at radius 3 is 3.04 bits per heavy atom. The van der Waals surface area contributed by atoms with Gasteiger partial charge in [-0.3, -0.25) is 9.69 Å². The van der Waals surface area contributed by atoms with Crippen molar-refractivity contribution in [2.75, 3.05) is 24.6 Å². The van der Waals surface area contributed by atoms with E-state index in [9.17, 15) is 9.59 Å². The van der Waals surface area contributed by atoms with Crippen molar-refractivity contribution < 1.29 is 14.3 Å². The molecule has 24 heavy (non-hydrogen) atoms. The average Bonchev–Trinajstić information content (AvgIpc) is 3.20. The minimum atomic E-state index is -0.369. The van der Waals surface area contributed by atoms with E-state index in [0.29, 0.717) is 30.9 Å². The summed E-state index contributed by atoms with van der Waals surface area (Å²) in [5.74, 6) is -0.139. The lowest BCUT2D eigenvalue weighted by atomic mass is 10.1. The van der Waals surface area contributed by atoms with E-state index in [1.807, 2.05) is 12.3 Å². The predicted octanol–water partition coefficient (Wildman–Crippen LogP) is 2.77. The molecule has 3 rings (SSSR count). The maximum absolute atomic E-state index is 12.2. The lowest BCUT2D eigenvalue weighted by Gasteiger charge is -2.13. The molecule has 7 heteroatoms. The summed E-state index contributed by atoms with van der Waals surface area (Å²) in [5.41, 5.74) is 2.26. The first-order valence-electron chi connectivity index (χ1n) is 7.87. The van der Waals surface area contributed by atoms with E-state index in [2.05, 4.69) is 10.3 Å². The maximum Gasteiger partial charge on any atom is 0.414 e. The Morgan fingerprint density at radius 1 is 1.46 bits per heavy atom. The SMILES string of the molecule is Cc1csc(CCCNC(=O)c2cccc(N3CCOC3=O)c2)n1. The number of benzene rings is 1. The smallest absolute Gasteiger partial charge is 0.414 e. The van der Waals surface area contributed by atoms with Crippen LogP contribution in [0.4, 0.5) is 10.5 Å². The summed E-state index contributed by atoms with van der Waals surface area (Å²) < 4.78 is 4.92. The van der Waals surface area contributed by atoms with Crippen molar-refractivity contribution in [2.45, 2.75) is 19.8 Å². The van der Waals surface area contributed by atoms with Crippen molar-refractivity contribution in [3.05, 3.63) is 45.9 Å². The number of rotatable bonds is 6. The van der Waals surface area contributed by atoms with E-state index in [0.717, 1.165) is 23.5 Å². The first-order valence-corrected chi connectivity index (χ1v) is 8.75. The highest BCUT2D eigenvalue weighted by molar-refractivity contribution is 7.09. The second kappa shape index (κ2) is 7.44. The number of nitrogens with zero attached hydrogens (tertiary/aromatic N) is 2. The first kappa shape index (κ1) is 16.4. The number of aryl methyl sites for hydroxylation is 2. The molecule has 2 heterocycles. The molecule has 2 amide bonds. The summed E-state index contributed by atoms with van der Waals surface area (Å²) >= 11 is 1.65. The van der Waals surface area contributed by atoms with Crippen LogP contribution >= 0.6 is 11.3 Å². The molecule has 0 atom stereocenters. The zero-order chi connectivity index (χ0) is 16.9. The van der Waals surface area contributed by atoms with E-state index >= 15 is 0 Å². The molecule has 0 spiro atoms. The molecule has 0 aliphatic carbocycles. The molecule has 1 N–H and O–H groups in total. The van der Waals surface area contributed by atoms with Gasteiger partial charge in [-0.2, -0.15) is 0 Å². The number of thiazole rings is 1. The highest BCUT2D eigenvalue weighted by Gasteiger charge is 2.24. The number of hydrogen-bond acceptors (Lipinski definition) is 5. The number of nitrogens with one attached hydrogen (secondary N) is 1. The number of carbonyl (C=O) groups is 2. The van der Waals surface area contributed by atoms with Gasteiger partial charge < -0.3 is 10.1 Å². The third kappa shape index (κ3) is 3.91. The van der Waals surface area contributed by atoms with Gasteiger partial charge in [0.15, 0.2) is 0 Å². The van der Waals surface area contributed by atoms with Gasteiger partial charge in [0.1, 0.15) is 6.61 Å². The average molecular weight is 345 g/mol. The van der Waals surface area contributed by atoms with Gasteiger partial charge in [-0.25, -0.2) is 9.78 Å². The van der Waals surface area contributed by atoms with E-state index in [1.165, 1.54) is 4.90 Å². The van der Waals surface area contributed by atoms with Gasteiger partial charge in [0.2, 0.25) is 0 Å². The Bertz CT molecular complexity index is 744. The van der Waals surface area contributed by atoms with Crippen LogP contribution in [0, 0.1) is 6.92 Å². The minimum Gasteiger partial charge on any atom is -0.447 e. The summed E-state index contributed by atoms with van der Waals surface area (Å²) in [6.45, 7) is 3.46. The van der Waals surface area contributed by atoms with Gasteiger partial charge in [0, 0.05) is 35.3 Å². The maximum atomic E-state index is 12.2. The third-order valence-electron chi connectivity index (χ3n) is 3.70. The Hall–Kier alpha value is -2.41. The topological polar surface area (TPSA) is 71.5 Å². The second-order valence-electron chi connectivity index (χ2n) is 5.56. The molecule has 0 unspecified atom stereocenters. The molecule has 126 valence electrons. The van der Waals surface area contributed by atoms with Gasteiger partial charge in [-0.1, -0.05) is 6.07 Å². The lowest BCUT2D eigenvalue weighted by molar-refractivity contribution is 0.0953. The highest BCUT2D eigenvalue weighted by Crippen LogP contribution is 2.20. The Labute approximate surface area is 144 Å². The molecular weight excluding hydrogens is 326 g/mol. The quantitative estimate of drug-likeness (QED) is 0.817. The standard InChI is InChI=1S/C17H19N3O3S/c1-12-11-24-15(19-12)6-3-7-18-16(21)13-4-2-5-14(10-13)20-8-9-23-17(20)22/h2,4-5,10-11H,3,6-9H2,1H3,(H,18,21). The molecule has 0 bridgehead atoms. The van der Waals surface area contributed by atoms with Crippen LogP contribution in [-0.4, -0.2) is 36.7 Å². The summed E-state index contributed by atoms with van der Waals surface area (Å²) in [4.78, 5) is 29.8. The lowest BCUT2D eigenvalue weighted by Crippen LogP contribution is -2.26. The molecule has 1 saturated heterocycles. The molecular formula is C17H19N3O3S. The van der Waals surface area contributed by atoms with Crippen molar-refractivity contribution in [3.63, 3.8) is 0 Å². The second-order valence-corrected chi connectivity index (χ2v) is 6.50. The molecule has 1 aliphatic heterocycles. The van der Waals surface area contributed by atoms with E-state index in [1.54, 1.807) is 35.6 Å². The zero-order valence-electron chi connectivity index (χ0n) is 13.4. The van der Waals surface area contributed by atoms with Crippen LogP contribution in [0.3, 0.4) is 0 Å². The molecule has 0 radical (unpaired) electrons. The zero-order valence-corrected chi connectivity index (χ0v) is 14.3. The van der Waals surface area contributed by atoms with Crippen molar-refractivity contribution in [3.8, 4) is 0 Å². The fourth-order valence-electron chi connectivity index (χ4n) is 2.50. The third-order valence-corrected chi connectivity index (χ3v) is 4.73. The van der Waals surface area contributed by atoms with Crippen LogP contribution in [-0.2, 0) is 11.2 Å². The van der Waals surface area contributed by atoms with E-state index < -0.39 is 0 Å². The van der Waals surface area contributed by atoms with Gasteiger partial charge in [-0.05, 0) is 31.5 Å². The van der Waals surface area contributed by atoms with E-state index in [4.69, 9.17) is 4.74 Å². The monoisotopic (exact) mass is 345 g/mol. The van der Waals surface area contributed by atoms with Crippen LogP contribution in [0.1, 0.15) is 27.5 Å². The predicted molar refractivity (Wildman–Crippen MR) is 92.6 cm³/mol. The Morgan fingerprint density at radius 2 is 2.33 bits per heavy atom. The first-order chi connectivity index (χ1) is 11.6. The fourth-order valence-corrected chi connectivity index (χ4v) is 3.32. The van der Waals surface area contributed by atoms with Gasteiger partial charge in [0.05, 0.1) is 11.6 Å². The largest absolute Gasteiger partial charge is 0.447 e. The molecule has 2 aromatic rings. The van der Waals surface area contributed by atoms with Crippen molar-refractivity contribution in [1.82, 2.24) is 10.3 Å². The van der Waals surface area contributed by atoms with Gasteiger partial charge >= 0.3 is 6.09 Å². The number of hydrogen-bond donors (Lipinski definition) is 1. The molecule has 1 aromatic carbocycles. The summed E-state index contributed by atoms with van der Waals surface area (Å²) in [7, 11) is 0.